The van der Waals surface area contributed by atoms with Crippen LogP contribution in [0, 0.1) is 0 Å². The first kappa shape index (κ1) is 23.2. The van der Waals surface area contributed by atoms with E-state index >= 15 is 0 Å². The third kappa shape index (κ3) is 6.78. The minimum atomic E-state index is -1.17. The number of carbonyl (C=O) groups excluding carboxylic acids is 1. The fourth-order valence-corrected chi connectivity index (χ4v) is 2.88. The van der Waals surface area contributed by atoms with E-state index in [1.165, 1.54) is 25.3 Å². The van der Waals surface area contributed by atoms with Crippen molar-refractivity contribution in [3.05, 3.63) is 64.7 Å². The van der Waals surface area contributed by atoms with E-state index in [0.29, 0.717) is 11.3 Å². The van der Waals surface area contributed by atoms with Crippen molar-refractivity contribution in [2.75, 3.05) is 19.0 Å². The highest BCUT2D eigenvalue weighted by Gasteiger charge is 2.27. The maximum atomic E-state index is 12.5. The van der Waals surface area contributed by atoms with E-state index in [2.05, 4.69) is 21.2 Å². The van der Waals surface area contributed by atoms with E-state index in [-0.39, 0.29) is 18.1 Å². The summed E-state index contributed by atoms with van der Waals surface area (Å²) < 4.78 is 17.1. The van der Waals surface area contributed by atoms with Gasteiger partial charge in [0.2, 0.25) is 0 Å². The summed E-state index contributed by atoms with van der Waals surface area (Å²) in [4.78, 5) is 23.5. The molecule has 160 valence electrons. The Morgan fingerprint density at radius 3 is 2.47 bits per heavy atom. The molecule has 0 aliphatic carbocycles. The SMILES string of the molecule is CCO[C@@H](/C=C/C(=O)O)[C@@H](OC(=O)Nc1ccc(Br)cc1)c1ccc(OC)c(O)c1. The van der Waals surface area contributed by atoms with E-state index in [9.17, 15) is 14.7 Å². The van der Waals surface area contributed by atoms with Crippen LogP contribution in [0.25, 0.3) is 0 Å². The molecule has 0 spiro atoms. The Morgan fingerprint density at radius 1 is 1.20 bits per heavy atom. The second-order valence-corrected chi connectivity index (χ2v) is 6.92. The number of halogens is 1. The lowest BCUT2D eigenvalue weighted by Gasteiger charge is -2.25. The van der Waals surface area contributed by atoms with Crippen molar-refractivity contribution in [3.63, 3.8) is 0 Å². The van der Waals surface area contributed by atoms with E-state index in [1.54, 1.807) is 37.3 Å². The molecule has 30 heavy (non-hydrogen) atoms. The van der Waals surface area contributed by atoms with Crippen molar-refractivity contribution in [3.8, 4) is 11.5 Å². The fraction of sp³-hybridized carbons (Fsp3) is 0.238. The molecule has 0 aromatic heterocycles. The lowest BCUT2D eigenvalue weighted by atomic mass is 10.0. The minimum absolute atomic E-state index is 0.158. The summed E-state index contributed by atoms with van der Waals surface area (Å²) >= 11 is 3.32. The summed E-state index contributed by atoms with van der Waals surface area (Å²) in [5.41, 5.74) is 0.904. The van der Waals surface area contributed by atoms with Crippen LogP contribution in [0.5, 0.6) is 11.5 Å². The number of aromatic hydroxyl groups is 1. The number of methoxy groups -OCH3 is 1. The number of ether oxygens (including phenoxy) is 3. The lowest BCUT2D eigenvalue weighted by Crippen LogP contribution is -2.27. The first-order chi connectivity index (χ1) is 14.3. The quantitative estimate of drug-likeness (QED) is 0.453. The van der Waals surface area contributed by atoms with Crippen LogP contribution in [0.4, 0.5) is 10.5 Å². The Labute approximate surface area is 182 Å². The van der Waals surface area contributed by atoms with Crippen LogP contribution in [0.2, 0.25) is 0 Å². The molecule has 0 unspecified atom stereocenters. The Hall–Kier alpha value is -3.04. The van der Waals surface area contributed by atoms with Gasteiger partial charge >= 0.3 is 12.1 Å². The highest BCUT2D eigenvalue weighted by Crippen LogP contribution is 2.33. The number of anilines is 1. The molecule has 2 rings (SSSR count). The van der Waals surface area contributed by atoms with E-state index < -0.39 is 24.3 Å². The maximum absolute atomic E-state index is 12.5. The number of amides is 1. The fourth-order valence-electron chi connectivity index (χ4n) is 2.62. The molecule has 1 amide bonds. The molecule has 0 radical (unpaired) electrons. The number of aliphatic carboxylic acids is 1. The first-order valence-electron chi connectivity index (χ1n) is 8.96. The van der Waals surface area contributed by atoms with Gasteiger partial charge in [0.15, 0.2) is 17.6 Å². The third-order valence-electron chi connectivity index (χ3n) is 3.94. The molecule has 0 aliphatic heterocycles. The van der Waals surface area contributed by atoms with Gasteiger partial charge in [-0.3, -0.25) is 5.32 Å². The van der Waals surface area contributed by atoms with Crippen molar-refractivity contribution < 1.29 is 34.0 Å². The number of nitrogens with one attached hydrogen (secondary N) is 1. The summed E-state index contributed by atoms with van der Waals surface area (Å²) in [6.45, 7) is 1.97. The summed E-state index contributed by atoms with van der Waals surface area (Å²) in [6.07, 6.45) is -0.523. The zero-order valence-corrected chi connectivity index (χ0v) is 18.0. The van der Waals surface area contributed by atoms with E-state index in [4.69, 9.17) is 19.3 Å². The predicted molar refractivity (Wildman–Crippen MR) is 114 cm³/mol. The Bertz CT molecular complexity index is 899. The second kappa shape index (κ2) is 11.2. The van der Waals surface area contributed by atoms with Gasteiger partial charge in [0.05, 0.1) is 7.11 Å². The smallest absolute Gasteiger partial charge is 0.412 e. The molecule has 0 aliphatic rings. The number of carboxylic acids is 1. The third-order valence-corrected chi connectivity index (χ3v) is 4.47. The summed E-state index contributed by atoms with van der Waals surface area (Å²) in [6, 6.07) is 11.4. The second-order valence-electron chi connectivity index (χ2n) is 6.01. The van der Waals surface area contributed by atoms with Crippen LogP contribution in [0.1, 0.15) is 18.6 Å². The molecular weight excluding hydrogens is 458 g/mol. The average Bonchev–Trinajstić information content (AvgIpc) is 2.71. The minimum Gasteiger partial charge on any atom is -0.504 e. The number of hydrogen-bond acceptors (Lipinski definition) is 6. The highest BCUT2D eigenvalue weighted by molar-refractivity contribution is 9.10. The predicted octanol–water partition coefficient (Wildman–Crippen LogP) is 4.50. The molecule has 9 heteroatoms. The van der Waals surface area contributed by atoms with E-state index in [1.807, 2.05) is 0 Å². The average molecular weight is 480 g/mol. The van der Waals surface area contributed by atoms with Crippen molar-refractivity contribution in [1.82, 2.24) is 0 Å². The Balaban J connectivity index is 2.33. The van der Waals surface area contributed by atoms with Crippen molar-refractivity contribution in [2.24, 2.45) is 0 Å². The Kier molecular flexibility index (Phi) is 8.70. The van der Waals surface area contributed by atoms with Crippen LogP contribution in [0.15, 0.2) is 59.1 Å². The molecule has 8 nitrogen and oxygen atoms in total. The van der Waals surface area contributed by atoms with Crippen LogP contribution in [0.3, 0.4) is 0 Å². The number of rotatable bonds is 9. The molecule has 2 aromatic rings. The molecule has 0 bridgehead atoms. The van der Waals surface area contributed by atoms with E-state index in [0.717, 1.165) is 10.5 Å². The van der Waals surface area contributed by atoms with Crippen molar-refractivity contribution in [2.45, 2.75) is 19.1 Å². The standard InChI is InChI=1S/C21H22BrNO7/c1-3-29-18(10-11-19(25)26)20(13-4-9-17(28-2)16(24)12-13)30-21(27)23-15-7-5-14(22)6-8-15/h4-12,18,20,24H,3H2,1-2H3,(H,23,27)(H,25,26)/b11-10+/t18-,20-/m0/s1. The largest absolute Gasteiger partial charge is 0.504 e. The van der Waals surface area contributed by atoms with Gasteiger partial charge in [-0.1, -0.05) is 22.0 Å². The van der Waals surface area contributed by atoms with Crippen LogP contribution >= 0.6 is 15.9 Å². The number of benzene rings is 2. The molecule has 0 fully saturated rings. The van der Waals surface area contributed by atoms with Gasteiger partial charge in [-0.15, -0.1) is 0 Å². The van der Waals surface area contributed by atoms with Gasteiger partial charge in [-0.25, -0.2) is 9.59 Å². The molecule has 0 saturated heterocycles. The number of phenols is 1. The summed E-state index contributed by atoms with van der Waals surface area (Å²) in [7, 11) is 1.41. The maximum Gasteiger partial charge on any atom is 0.412 e. The number of hydrogen-bond donors (Lipinski definition) is 3. The zero-order chi connectivity index (χ0) is 22.1. The molecule has 3 N–H and O–H groups in total. The molecule has 0 heterocycles. The topological polar surface area (TPSA) is 114 Å². The van der Waals surface area contributed by atoms with Gasteiger partial charge < -0.3 is 24.4 Å². The molecule has 0 saturated carbocycles. The normalized spacial score (nSPS) is 12.9. The number of phenolic OH excluding ortho intramolecular Hbond substituents is 1. The zero-order valence-electron chi connectivity index (χ0n) is 16.4. The van der Waals surface area contributed by atoms with Gasteiger partial charge in [0.25, 0.3) is 0 Å². The summed E-state index contributed by atoms with van der Waals surface area (Å²) in [5.74, 6) is -1.09. The molecular formula is C21H22BrNO7. The van der Waals surface area contributed by atoms with Gasteiger partial charge in [-0.05, 0) is 55.0 Å². The van der Waals surface area contributed by atoms with Crippen molar-refractivity contribution in [1.29, 1.82) is 0 Å². The van der Waals surface area contributed by atoms with Gasteiger partial charge in [0, 0.05) is 22.8 Å². The monoisotopic (exact) mass is 479 g/mol. The number of carboxylic acid groups (broad SMARTS) is 1. The summed E-state index contributed by atoms with van der Waals surface area (Å²) in [5, 5.41) is 21.7. The Morgan fingerprint density at radius 2 is 1.90 bits per heavy atom. The highest BCUT2D eigenvalue weighted by atomic mass is 79.9. The van der Waals surface area contributed by atoms with Gasteiger partial charge in [0.1, 0.15) is 6.10 Å². The lowest BCUT2D eigenvalue weighted by molar-refractivity contribution is -0.131. The van der Waals surface area contributed by atoms with Gasteiger partial charge in [-0.2, -0.15) is 0 Å². The van der Waals surface area contributed by atoms with Crippen LogP contribution in [-0.4, -0.2) is 42.1 Å². The molecule has 2 aromatic carbocycles. The number of carbonyl (C=O) groups is 2. The van der Waals surface area contributed by atoms with Crippen LogP contribution < -0.4 is 10.1 Å². The first-order valence-corrected chi connectivity index (χ1v) is 9.76. The van der Waals surface area contributed by atoms with Crippen molar-refractivity contribution >= 4 is 33.7 Å². The molecule has 2 atom stereocenters. The van der Waals surface area contributed by atoms with Crippen LogP contribution in [-0.2, 0) is 14.3 Å².